The summed E-state index contributed by atoms with van der Waals surface area (Å²) < 4.78 is 5.42. The van der Waals surface area contributed by atoms with Crippen molar-refractivity contribution >= 4 is 5.91 Å². The fourth-order valence-corrected chi connectivity index (χ4v) is 2.60. The number of carbonyl (C=O) groups excluding carboxylic acids is 1. The molecule has 2 rings (SSSR count). The molecule has 2 aliphatic heterocycles. The topological polar surface area (TPSA) is 61.8 Å². The number of nitrogens with one attached hydrogen (secondary N) is 1. The Morgan fingerprint density at radius 2 is 2.29 bits per heavy atom. The molecule has 0 unspecified atom stereocenters. The van der Waals surface area contributed by atoms with Crippen LogP contribution in [0.15, 0.2) is 0 Å². The molecule has 5 heteroatoms. The molecule has 0 saturated carbocycles. The van der Waals surface area contributed by atoms with Gasteiger partial charge in [0, 0.05) is 19.7 Å². The number of aliphatic hydroxyl groups excluding tert-OH is 1. The lowest BCUT2D eigenvalue weighted by molar-refractivity contribution is -0.133. The van der Waals surface area contributed by atoms with Gasteiger partial charge in [-0.25, -0.2) is 0 Å². The Morgan fingerprint density at radius 3 is 2.94 bits per heavy atom. The van der Waals surface area contributed by atoms with E-state index in [0.29, 0.717) is 19.7 Å². The molecule has 98 valence electrons. The zero-order valence-corrected chi connectivity index (χ0v) is 10.4. The van der Waals surface area contributed by atoms with Gasteiger partial charge in [-0.1, -0.05) is 6.42 Å². The monoisotopic (exact) mass is 242 g/mol. The maximum absolute atomic E-state index is 12.2. The van der Waals surface area contributed by atoms with Crippen molar-refractivity contribution in [1.29, 1.82) is 0 Å². The van der Waals surface area contributed by atoms with Crippen LogP contribution < -0.4 is 5.32 Å². The van der Waals surface area contributed by atoms with Gasteiger partial charge in [0.2, 0.25) is 5.91 Å². The van der Waals surface area contributed by atoms with Crippen LogP contribution in [0.25, 0.3) is 0 Å². The molecular weight excluding hydrogens is 220 g/mol. The second-order valence-electron chi connectivity index (χ2n) is 4.81. The summed E-state index contributed by atoms with van der Waals surface area (Å²) >= 11 is 0. The van der Waals surface area contributed by atoms with Crippen LogP contribution in [0.3, 0.4) is 0 Å². The number of piperidine rings is 1. The van der Waals surface area contributed by atoms with Crippen molar-refractivity contribution in [2.75, 3.05) is 26.2 Å². The lowest BCUT2D eigenvalue weighted by Crippen LogP contribution is -2.48. The quantitative estimate of drug-likeness (QED) is 0.715. The first-order valence-electron chi connectivity index (χ1n) is 6.54. The molecule has 2 heterocycles. The molecule has 17 heavy (non-hydrogen) atoms. The predicted octanol–water partition coefficient (Wildman–Crippen LogP) is -0.263. The Kier molecular flexibility index (Phi) is 4.36. The zero-order chi connectivity index (χ0) is 12.3. The van der Waals surface area contributed by atoms with E-state index < -0.39 is 6.10 Å². The van der Waals surface area contributed by atoms with Crippen LogP contribution in [-0.4, -0.2) is 60.4 Å². The van der Waals surface area contributed by atoms with Crippen LogP contribution in [0.4, 0.5) is 0 Å². The third-order valence-corrected chi connectivity index (χ3v) is 3.54. The van der Waals surface area contributed by atoms with Crippen molar-refractivity contribution in [3.63, 3.8) is 0 Å². The van der Waals surface area contributed by atoms with Gasteiger partial charge in [0.05, 0.1) is 12.1 Å². The summed E-state index contributed by atoms with van der Waals surface area (Å²) in [6, 6.07) is -0.0590. The number of hydrogen-bond acceptors (Lipinski definition) is 4. The van der Waals surface area contributed by atoms with E-state index >= 15 is 0 Å². The van der Waals surface area contributed by atoms with Crippen molar-refractivity contribution in [3.05, 3.63) is 0 Å². The summed E-state index contributed by atoms with van der Waals surface area (Å²) in [5, 5.41) is 13.0. The number of nitrogens with zero attached hydrogens (tertiary/aromatic N) is 1. The van der Waals surface area contributed by atoms with Crippen molar-refractivity contribution in [1.82, 2.24) is 10.2 Å². The van der Waals surface area contributed by atoms with Gasteiger partial charge in [0.25, 0.3) is 0 Å². The van der Waals surface area contributed by atoms with Crippen molar-refractivity contribution in [2.24, 2.45) is 0 Å². The van der Waals surface area contributed by atoms with E-state index in [2.05, 4.69) is 5.32 Å². The van der Waals surface area contributed by atoms with E-state index in [-0.39, 0.29) is 18.1 Å². The van der Waals surface area contributed by atoms with E-state index in [1.807, 2.05) is 6.92 Å². The second-order valence-corrected chi connectivity index (χ2v) is 4.81. The minimum Gasteiger partial charge on any atom is -0.388 e. The molecule has 2 N–H and O–H groups in total. The molecular formula is C12H22N2O3. The van der Waals surface area contributed by atoms with Crippen molar-refractivity contribution < 1.29 is 14.6 Å². The highest BCUT2D eigenvalue weighted by atomic mass is 16.5. The Hall–Kier alpha value is -0.650. The van der Waals surface area contributed by atoms with Crippen LogP contribution in [-0.2, 0) is 9.53 Å². The highest BCUT2D eigenvalue weighted by Crippen LogP contribution is 2.17. The molecule has 1 amide bonds. The Morgan fingerprint density at radius 1 is 1.47 bits per heavy atom. The predicted molar refractivity (Wildman–Crippen MR) is 63.6 cm³/mol. The first-order valence-corrected chi connectivity index (χ1v) is 6.54. The van der Waals surface area contributed by atoms with Crippen LogP contribution in [0.2, 0.25) is 0 Å². The third kappa shape index (κ3) is 2.97. The maximum Gasteiger partial charge on any atom is 0.239 e. The van der Waals surface area contributed by atoms with Crippen LogP contribution in [0.5, 0.6) is 0 Å². The fourth-order valence-electron chi connectivity index (χ4n) is 2.60. The summed E-state index contributed by atoms with van der Waals surface area (Å²) in [6.45, 7) is 4.32. The van der Waals surface area contributed by atoms with E-state index in [0.717, 1.165) is 25.8 Å². The van der Waals surface area contributed by atoms with E-state index in [1.165, 1.54) is 0 Å². The second kappa shape index (κ2) is 5.80. The van der Waals surface area contributed by atoms with Gasteiger partial charge >= 0.3 is 0 Å². The zero-order valence-electron chi connectivity index (χ0n) is 10.4. The minimum absolute atomic E-state index is 0.0590. The first-order chi connectivity index (χ1) is 8.22. The molecule has 2 fully saturated rings. The summed E-state index contributed by atoms with van der Waals surface area (Å²) in [7, 11) is 0. The Labute approximate surface area is 102 Å². The molecule has 2 saturated heterocycles. The SMILES string of the molecule is CCO[C@@H]1CN(C(=O)[C@H]2CCCCN2)C[C@H]1O. The van der Waals surface area contributed by atoms with Gasteiger partial charge in [-0.3, -0.25) is 4.79 Å². The summed E-state index contributed by atoms with van der Waals surface area (Å²) in [5.74, 6) is 0.117. The van der Waals surface area contributed by atoms with Crippen molar-refractivity contribution in [3.8, 4) is 0 Å². The molecule has 0 spiro atoms. The number of amides is 1. The third-order valence-electron chi connectivity index (χ3n) is 3.54. The number of aliphatic hydroxyl groups is 1. The summed E-state index contributed by atoms with van der Waals surface area (Å²) in [5.41, 5.74) is 0. The summed E-state index contributed by atoms with van der Waals surface area (Å²) in [6.07, 6.45) is 2.41. The first kappa shape index (κ1) is 12.8. The molecule has 0 aromatic carbocycles. The largest absolute Gasteiger partial charge is 0.388 e. The summed E-state index contributed by atoms with van der Waals surface area (Å²) in [4.78, 5) is 13.9. The molecule has 2 aliphatic rings. The standard InChI is InChI=1S/C12H22N2O3/c1-2-17-11-8-14(7-10(11)15)12(16)9-5-3-4-6-13-9/h9-11,13,15H,2-8H2,1H3/t9-,10-,11-/m1/s1. The number of hydrogen-bond donors (Lipinski definition) is 2. The molecule has 5 nitrogen and oxygen atoms in total. The molecule has 0 radical (unpaired) electrons. The minimum atomic E-state index is -0.539. The highest BCUT2D eigenvalue weighted by Gasteiger charge is 2.37. The Balaban J connectivity index is 1.88. The van der Waals surface area contributed by atoms with Crippen LogP contribution in [0.1, 0.15) is 26.2 Å². The number of β-amino-alcohol motifs (C(OH)–C–C–N with tert-alkyl or cyclic N) is 1. The maximum atomic E-state index is 12.2. The van der Waals surface area contributed by atoms with Crippen LogP contribution >= 0.6 is 0 Å². The Bertz CT molecular complexity index is 266. The highest BCUT2D eigenvalue weighted by molar-refractivity contribution is 5.82. The van der Waals surface area contributed by atoms with Gasteiger partial charge in [0.1, 0.15) is 6.10 Å². The average Bonchev–Trinajstić information content (AvgIpc) is 2.72. The van der Waals surface area contributed by atoms with E-state index in [4.69, 9.17) is 4.74 Å². The number of ether oxygens (including phenoxy) is 1. The van der Waals surface area contributed by atoms with E-state index in [9.17, 15) is 9.90 Å². The number of rotatable bonds is 3. The lowest BCUT2D eigenvalue weighted by atomic mass is 10.0. The normalized spacial score (nSPS) is 34.0. The molecule has 0 aromatic heterocycles. The van der Waals surface area contributed by atoms with Gasteiger partial charge < -0.3 is 20.1 Å². The van der Waals surface area contributed by atoms with Gasteiger partial charge in [-0.05, 0) is 26.3 Å². The lowest BCUT2D eigenvalue weighted by Gasteiger charge is -2.27. The molecule has 3 atom stereocenters. The van der Waals surface area contributed by atoms with Gasteiger partial charge in [-0.15, -0.1) is 0 Å². The molecule has 0 aliphatic carbocycles. The molecule has 0 bridgehead atoms. The average molecular weight is 242 g/mol. The van der Waals surface area contributed by atoms with E-state index in [1.54, 1.807) is 4.90 Å². The fraction of sp³-hybridized carbons (Fsp3) is 0.917. The number of carbonyl (C=O) groups is 1. The molecule has 0 aromatic rings. The smallest absolute Gasteiger partial charge is 0.239 e. The van der Waals surface area contributed by atoms with Gasteiger partial charge in [0.15, 0.2) is 0 Å². The van der Waals surface area contributed by atoms with Gasteiger partial charge in [-0.2, -0.15) is 0 Å². The van der Waals surface area contributed by atoms with Crippen molar-refractivity contribution in [2.45, 2.75) is 44.4 Å². The number of likely N-dealkylation sites (tertiary alicyclic amines) is 1. The van der Waals surface area contributed by atoms with Crippen LogP contribution in [0, 0.1) is 0 Å².